The van der Waals surface area contributed by atoms with E-state index in [1.165, 1.54) is 11.1 Å². The van der Waals surface area contributed by atoms with Crippen LogP contribution in [-0.4, -0.2) is 23.9 Å². The minimum Gasteiger partial charge on any atom is -0.355 e. The van der Waals surface area contributed by atoms with Crippen molar-refractivity contribution in [1.82, 2.24) is 10.2 Å². The van der Waals surface area contributed by atoms with Crippen LogP contribution in [0.2, 0.25) is 0 Å². The first-order chi connectivity index (χ1) is 11.6. The summed E-state index contributed by atoms with van der Waals surface area (Å²) in [5.41, 5.74) is 2.45. The third-order valence-electron chi connectivity index (χ3n) is 3.91. The summed E-state index contributed by atoms with van der Waals surface area (Å²) in [4.78, 5) is 14.5. The van der Waals surface area contributed by atoms with Crippen LogP contribution in [-0.2, 0) is 17.9 Å². The van der Waals surface area contributed by atoms with Crippen LogP contribution in [0.5, 0.6) is 0 Å². The number of nitrogens with zero attached hydrogens (tertiary/aromatic N) is 1. The second kappa shape index (κ2) is 9.89. The molecule has 0 aliphatic rings. The maximum absolute atomic E-state index is 12.3. The Morgan fingerprint density at radius 3 is 1.88 bits per heavy atom. The van der Waals surface area contributed by atoms with Crippen LogP contribution in [0.1, 0.15) is 31.4 Å². The van der Waals surface area contributed by atoms with Gasteiger partial charge in [0.05, 0.1) is 6.54 Å². The number of rotatable bonds is 9. The molecule has 0 saturated carbocycles. The average Bonchev–Trinajstić information content (AvgIpc) is 2.56. The highest BCUT2D eigenvalue weighted by molar-refractivity contribution is 5.77. The number of carbonyl (C=O) groups is 1. The standard InChI is InChI=1S/C21H28N2O/c1-18(2)13-14-22-21(24)17-23(15-19-9-5-3-6-10-19)16-20-11-7-4-8-12-20/h3-12,18H,13-17H2,1-2H3,(H,22,24). The fourth-order valence-corrected chi connectivity index (χ4v) is 2.61. The Balaban J connectivity index is 1.95. The van der Waals surface area contributed by atoms with Gasteiger partial charge in [-0.1, -0.05) is 74.5 Å². The molecule has 0 fully saturated rings. The molecule has 2 aromatic carbocycles. The third-order valence-corrected chi connectivity index (χ3v) is 3.91. The van der Waals surface area contributed by atoms with Gasteiger partial charge >= 0.3 is 0 Å². The van der Waals surface area contributed by atoms with E-state index in [-0.39, 0.29) is 5.91 Å². The van der Waals surface area contributed by atoms with Crippen LogP contribution in [0.3, 0.4) is 0 Å². The Kier molecular flexibility index (Phi) is 7.50. The fourth-order valence-electron chi connectivity index (χ4n) is 2.61. The van der Waals surface area contributed by atoms with Crippen molar-refractivity contribution in [2.45, 2.75) is 33.4 Å². The minimum atomic E-state index is 0.0995. The Labute approximate surface area is 145 Å². The van der Waals surface area contributed by atoms with Gasteiger partial charge in [-0.3, -0.25) is 9.69 Å². The van der Waals surface area contributed by atoms with E-state index in [2.05, 4.69) is 48.3 Å². The Morgan fingerprint density at radius 2 is 1.42 bits per heavy atom. The third kappa shape index (κ3) is 6.97. The van der Waals surface area contributed by atoms with Gasteiger partial charge in [0.1, 0.15) is 0 Å². The smallest absolute Gasteiger partial charge is 0.234 e. The van der Waals surface area contributed by atoms with Crippen LogP contribution in [0.25, 0.3) is 0 Å². The molecule has 1 amide bonds. The van der Waals surface area contributed by atoms with Gasteiger partial charge in [-0.05, 0) is 23.5 Å². The van der Waals surface area contributed by atoms with E-state index in [9.17, 15) is 4.79 Å². The lowest BCUT2D eigenvalue weighted by atomic mass is 10.1. The highest BCUT2D eigenvalue weighted by Gasteiger charge is 2.12. The molecule has 128 valence electrons. The second-order valence-corrected chi connectivity index (χ2v) is 6.65. The normalized spacial score (nSPS) is 11.0. The van der Waals surface area contributed by atoms with Crippen molar-refractivity contribution >= 4 is 5.91 Å². The van der Waals surface area contributed by atoms with E-state index in [0.29, 0.717) is 12.5 Å². The zero-order valence-electron chi connectivity index (χ0n) is 14.7. The maximum Gasteiger partial charge on any atom is 0.234 e. The summed E-state index contributed by atoms with van der Waals surface area (Å²) in [5, 5.41) is 3.04. The second-order valence-electron chi connectivity index (χ2n) is 6.65. The first kappa shape index (κ1) is 18.2. The zero-order chi connectivity index (χ0) is 17.2. The maximum atomic E-state index is 12.3. The van der Waals surface area contributed by atoms with E-state index >= 15 is 0 Å². The lowest BCUT2D eigenvalue weighted by molar-refractivity contribution is -0.122. The summed E-state index contributed by atoms with van der Waals surface area (Å²) in [7, 11) is 0. The van der Waals surface area contributed by atoms with E-state index in [1.54, 1.807) is 0 Å². The van der Waals surface area contributed by atoms with Crippen LogP contribution < -0.4 is 5.32 Å². The molecule has 0 saturated heterocycles. The van der Waals surface area contributed by atoms with Gasteiger partial charge in [0.2, 0.25) is 5.91 Å². The zero-order valence-corrected chi connectivity index (χ0v) is 14.7. The monoisotopic (exact) mass is 324 g/mol. The van der Waals surface area contributed by atoms with Crippen molar-refractivity contribution in [3.05, 3.63) is 71.8 Å². The molecular formula is C21H28N2O. The first-order valence-corrected chi connectivity index (χ1v) is 8.70. The SMILES string of the molecule is CC(C)CCNC(=O)CN(Cc1ccccc1)Cc1ccccc1. The van der Waals surface area contributed by atoms with Gasteiger partial charge in [0.15, 0.2) is 0 Å². The number of amides is 1. The van der Waals surface area contributed by atoms with Crippen molar-refractivity contribution in [2.75, 3.05) is 13.1 Å². The Bertz CT molecular complexity index is 554. The lowest BCUT2D eigenvalue weighted by Crippen LogP contribution is -2.37. The van der Waals surface area contributed by atoms with Crippen molar-refractivity contribution in [3.8, 4) is 0 Å². The van der Waals surface area contributed by atoms with Gasteiger partial charge < -0.3 is 5.32 Å². The largest absolute Gasteiger partial charge is 0.355 e. The van der Waals surface area contributed by atoms with E-state index in [1.807, 2.05) is 36.4 Å². The van der Waals surface area contributed by atoms with Crippen molar-refractivity contribution in [3.63, 3.8) is 0 Å². The van der Waals surface area contributed by atoms with Crippen LogP contribution in [0.4, 0.5) is 0 Å². The summed E-state index contributed by atoms with van der Waals surface area (Å²) in [6.45, 7) is 7.05. The predicted octanol–water partition coefficient (Wildman–Crippen LogP) is 3.85. The van der Waals surface area contributed by atoms with E-state index in [4.69, 9.17) is 0 Å². The van der Waals surface area contributed by atoms with Gasteiger partial charge in [-0.25, -0.2) is 0 Å². The van der Waals surface area contributed by atoms with Crippen molar-refractivity contribution in [1.29, 1.82) is 0 Å². The average molecular weight is 324 g/mol. The van der Waals surface area contributed by atoms with E-state index < -0.39 is 0 Å². The molecule has 0 aliphatic heterocycles. The Morgan fingerprint density at radius 1 is 0.917 bits per heavy atom. The van der Waals surface area contributed by atoms with Gasteiger partial charge in [-0.2, -0.15) is 0 Å². The molecule has 0 unspecified atom stereocenters. The van der Waals surface area contributed by atoms with E-state index in [0.717, 1.165) is 26.1 Å². The molecule has 0 heterocycles. The molecule has 3 heteroatoms. The van der Waals surface area contributed by atoms with Gasteiger partial charge in [0, 0.05) is 19.6 Å². The molecule has 3 nitrogen and oxygen atoms in total. The molecule has 0 radical (unpaired) electrons. The molecule has 1 N–H and O–H groups in total. The van der Waals surface area contributed by atoms with Crippen molar-refractivity contribution in [2.24, 2.45) is 5.92 Å². The molecule has 0 spiro atoms. The molecule has 0 aliphatic carbocycles. The quantitative estimate of drug-likeness (QED) is 0.760. The predicted molar refractivity (Wildman–Crippen MR) is 99.5 cm³/mol. The van der Waals surface area contributed by atoms with Crippen molar-refractivity contribution < 1.29 is 4.79 Å². The topological polar surface area (TPSA) is 32.3 Å². The summed E-state index contributed by atoms with van der Waals surface area (Å²) in [5.74, 6) is 0.706. The molecule has 0 bridgehead atoms. The summed E-state index contributed by atoms with van der Waals surface area (Å²) in [6, 6.07) is 20.6. The molecule has 2 rings (SSSR count). The van der Waals surface area contributed by atoms with Crippen LogP contribution in [0, 0.1) is 5.92 Å². The number of hydrogen-bond acceptors (Lipinski definition) is 2. The van der Waals surface area contributed by atoms with Crippen LogP contribution in [0.15, 0.2) is 60.7 Å². The van der Waals surface area contributed by atoms with Gasteiger partial charge in [-0.15, -0.1) is 0 Å². The number of hydrogen-bond donors (Lipinski definition) is 1. The molecule has 0 aromatic heterocycles. The number of nitrogens with one attached hydrogen (secondary N) is 1. The summed E-state index contributed by atoms with van der Waals surface area (Å²) < 4.78 is 0. The van der Waals surface area contributed by atoms with Crippen LogP contribution >= 0.6 is 0 Å². The summed E-state index contributed by atoms with van der Waals surface area (Å²) >= 11 is 0. The molecular weight excluding hydrogens is 296 g/mol. The summed E-state index contributed by atoms with van der Waals surface area (Å²) in [6.07, 6.45) is 1.02. The fraction of sp³-hybridized carbons (Fsp3) is 0.381. The molecule has 0 atom stereocenters. The first-order valence-electron chi connectivity index (χ1n) is 8.70. The number of carbonyl (C=O) groups excluding carboxylic acids is 1. The lowest BCUT2D eigenvalue weighted by Gasteiger charge is -2.22. The number of benzene rings is 2. The highest BCUT2D eigenvalue weighted by Crippen LogP contribution is 2.09. The Hall–Kier alpha value is -2.13. The molecule has 2 aromatic rings. The van der Waals surface area contributed by atoms with Gasteiger partial charge in [0.25, 0.3) is 0 Å². The minimum absolute atomic E-state index is 0.0995. The molecule has 24 heavy (non-hydrogen) atoms. The highest BCUT2D eigenvalue weighted by atomic mass is 16.2.